The van der Waals surface area contributed by atoms with Gasteiger partial charge in [-0.05, 0) is 12.1 Å². The summed E-state index contributed by atoms with van der Waals surface area (Å²) in [6, 6.07) is 10.2. The topological polar surface area (TPSA) is 66.8 Å². The van der Waals surface area contributed by atoms with Gasteiger partial charge >= 0.3 is 5.97 Å². The van der Waals surface area contributed by atoms with Crippen molar-refractivity contribution < 1.29 is 19.7 Å². The van der Waals surface area contributed by atoms with Gasteiger partial charge in [-0.2, -0.15) is 0 Å². The van der Waals surface area contributed by atoms with E-state index < -0.39 is 12.6 Å². The van der Waals surface area contributed by atoms with E-state index in [0.717, 1.165) is 0 Å². The highest BCUT2D eigenvalue weighted by molar-refractivity contribution is 5.93. The van der Waals surface area contributed by atoms with Gasteiger partial charge in [-0.25, -0.2) is 4.79 Å². The van der Waals surface area contributed by atoms with Crippen LogP contribution in [0, 0.1) is 0 Å². The van der Waals surface area contributed by atoms with Crippen molar-refractivity contribution in [3.63, 3.8) is 0 Å². The fourth-order valence-corrected chi connectivity index (χ4v) is 1.52. The molecule has 82 valence electrons. The molecule has 2 N–H and O–H groups in total. The first kappa shape index (κ1) is 10.3. The number of phenolic OH excluding ortho intramolecular Hbond substituents is 1. The number of phenols is 1. The Hall–Kier alpha value is -2.23. The molecule has 0 saturated carbocycles. The van der Waals surface area contributed by atoms with Crippen molar-refractivity contribution in [3.05, 3.63) is 36.4 Å². The van der Waals surface area contributed by atoms with E-state index in [1.165, 1.54) is 6.07 Å². The van der Waals surface area contributed by atoms with Crippen molar-refractivity contribution in [2.24, 2.45) is 0 Å². The summed E-state index contributed by atoms with van der Waals surface area (Å²) >= 11 is 0. The standard InChI is InChI=1S/C12H10O4/c13-10-5-6-11(16-7-12(14)15)9-4-2-1-3-8(9)10/h1-6,13H,7H2,(H,14,15). The summed E-state index contributed by atoms with van der Waals surface area (Å²) in [6.45, 7) is -0.394. The molecule has 0 aliphatic heterocycles. The summed E-state index contributed by atoms with van der Waals surface area (Å²) in [5, 5.41) is 19.5. The zero-order valence-electron chi connectivity index (χ0n) is 8.38. The predicted octanol–water partition coefficient (Wildman–Crippen LogP) is 2.01. The van der Waals surface area contributed by atoms with Crippen LogP contribution in [0.25, 0.3) is 10.8 Å². The molecule has 0 heterocycles. The fraction of sp³-hybridized carbons (Fsp3) is 0.0833. The summed E-state index contributed by atoms with van der Waals surface area (Å²) in [5.74, 6) is -0.425. The quantitative estimate of drug-likeness (QED) is 0.826. The first-order valence-electron chi connectivity index (χ1n) is 4.74. The van der Waals surface area contributed by atoms with Crippen LogP contribution < -0.4 is 4.74 Å². The minimum Gasteiger partial charge on any atom is -0.507 e. The maximum atomic E-state index is 10.4. The lowest BCUT2D eigenvalue weighted by atomic mass is 10.1. The van der Waals surface area contributed by atoms with Gasteiger partial charge in [0.15, 0.2) is 6.61 Å². The Morgan fingerprint density at radius 1 is 1.12 bits per heavy atom. The molecule has 2 aromatic rings. The van der Waals surface area contributed by atoms with Crippen LogP contribution in [0.3, 0.4) is 0 Å². The van der Waals surface area contributed by atoms with E-state index in [9.17, 15) is 9.90 Å². The number of benzene rings is 2. The molecule has 0 aliphatic carbocycles. The average molecular weight is 218 g/mol. The summed E-state index contributed by atoms with van der Waals surface area (Å²) in [4.78, 5) is 10.4. The third kappa shape index (κ3) is 1.91. The number of ether oxygens (including phenoxy) is 1. The molecule has 0 spiro atoms. The van der Waals surface area contributed by atoms with Crippen LogP contribution in [0.4, 0.5) is 0 Å². The molecule has 0 radical (unpaired) electrons. The van der Waals surface area contributed by atoms with Crippen molar-refractivity contribution in [2.75, 3.05) is 6.61 Å². The van der Waals surface area contributed by atoms with Crippen LogP contribution in [-0.4, -0.2) is 22.8 Å². The molecule has 0 atom stereocenters. The van der Waals surface area contributed by atoms with Gasteiger partial charge in [-0.3, -0.25) is 0 Å². The normalized spacial score (nSPS) is 10.2. The van der Waals surface area contributed by atoms with E-state index in [1.54, 1.807) is 30.3 Å². The van der Waals surface area contributed by atoms with E-state index >= 15 is 0 Å². The van der Waals surface area contributed by atoms with Gasteiger partial charge in [0.25, 0.3) is 0 Å². The molecule has 0 aliphatic rings. The highest BCUT2D eigenvalue weighted by Gasteiger charge is 2.06. The lowest BCUT2D eigenvalue weighted by molar-refractivity contribution is -0.139. The Morgan fingerprint density at radius 3 is 2.50 bits per heavy atom. The van der Waals surface area contributed by atoms with Gasteiger partial charge in [0.2, 0.25) is 0 Å². The Morgan fingerprint density at radius 2 is 1.81 bits per heavy atom. The molecule has 0 amide bonds. The van der Waals surface area contributed by atoms with Crippen LogP contribution >= 0.6 is 0 Å². The van der Waals surface area contributed by atoms with E-state index in [0.29, 0.717) is 16.5 Å². The molecule has 0 bridgehead atoms. The molecular weight excluding hydrogens is 208 g/mol. The molecule has 4 nitrogen and oxygen atoms in total. The minimum atomic E-state index is -1.03. The number of carbonyl (C=O) groups is 1. The monoisotopic (exact) mass is 218 g/mol. The molecule has 2 aromatic carbocycles. The number of aromatic hydroxyl groups is 1. The van der Waals surface area contributed by atoms with E-state index in [2.05, 4.69) is 0 Å². The number of rotatable bonds is 3. The predicted molar refractivity (Wildman–Crippen MR) is 58.7 cm³/mol. The van der Waals surface area contributed by atoms with Crippen LogP contribution in [-0.2, 0) is 4.79 Å². The van der Waals surface area contributed by atoms with E-state index in [1.807, 2.05) is 0 Å². The Balaban J connectivity index is 2.46. The number of hydrogen-bond donors (Lipinski definition) is 2. The molecule has 16 heavy (non-hydrogen) atoms. The Labute approximate surface area is 91.7 Å². The second kappa shape index (κ2) is 4.10. The van der Waals surface area contributed by atoms with Crippen molar-refractivity contribution >= 4 is 16.7 Å². The van der Waals surface area contributed by atoms with Crippen molar-refractivity contribution in [1.82, 2.24) is 0 Å². The maximum Gasteiger partial charge on any atom is 0.341 e. The maximum absolute atomic E-state index is 10.4. The van der Waals surface area contributed by atoms with Gasteiger partial charge in [-0.1, -0.05) is 24.3 Å². The van der Waals surface area contributed by atoms with Crippen molar-refractivity contribution in [2.45, 2.75) is 0 Å². The number of carboxylic acid groups (broad SMARTS) is 1. The molecule has 0 unspecified atom stereocenters. The molecule has 0 saturated heterocycles. The number of fused-ring (bicyclic) bond motifs is 1. The number of hydrogen-bond acceptors (Lipinski definition) is 3. The van der Waals surface area contributed by atoms with Crippen LogP contribution in [0.2, 0.25) is 0 Å². The summed E-state index contributed by atoms with van der Waals surface area (Å²) in [7, 11) is 0. The van der Waals surface area contributed by atoms with Crippen LogP contribution in [0.1, 0.15) is 0 Å². The van der Waals surface area contributed by atoms with Gasteiger partial charge in [-0.15, -0.1) is 0 Å². The largest absolute Gasteiger partial charge is 0.507 e. The van der Waals surface area contributed by atoms with Gasteiger partial charge in [0, 0.05) is 10.8 Å². The Bertz CT molecular complexity index is 534. The SMILES string of the molecule is O=C(O)COc1ccc(O)c2ccccc12. The Kier molecular flexibility index (Phi) is 2.64. The van der Waals surface area contributed by atoms with Gasteiger partial charge in [0.05, 0.1) is 0 Å². The second-order valence-corrected chi connectivity index (χ2v) is 3.31. The molecule has 0 fully saturated rings. The minimum absolute atomic E-state index is 0.151. The van der Waals surface area contributed by atoms with Crippen molar-refractivity contribution in [1.29, 1.82) is 0 Å². The number of carboxylic acids is 1. The molecule has 4 heteroatoms. The highest BCUT2D eigenvalue weighted by Crippen LogP contribution is 2.31. The molecular formula is C12H10O4. The smallest absolute Gasteiger partial charge is 0.341 e. The van der Waals surface area contributed by atoms with Crippen LogP contribution in [0.5, 0.6) is 11.5 Å². The van der Waals surface area contributed by atoms with Gasteiger partial charge < -0.3 is 14.9 Å². The van der Waals surface area contributed by atoms with E-state index in [4.69, 9.17) is 9.84 Å². The summed E-state index contributed by atoms with van der Waals surface area (Å²) in [6.07, 6.45) is 0. The number of aliphatic carboxylic acids is 1. The lowest BCUT2D eigenvalue weighted by Crippen LogP contribution is -2.09. The van der Waals surface area contributed by atoms with E-state index in [-0.39, 0.29) is 5.75 Å². The first-order chi connectivity index (χ1) is 7.68. The highest BCUT2D eigenvalue weighted by atomic mass is 16.5. The van der Waals surface area contributed by atoms with Crippen LogP contribution in [0.15, 0.2) is 36.4 Å². The van der Waals surface area contributed by atoms with Crippen molar-refractivity contribution in [3.8, 4) is 11.5 Å². The molecule has 2 rings (SSSR count). The zero-order valence-corrected chi connectivity index (χ0v) is 8.38. The fourth-order valence-electron chi connectivity index (χ4n) is 1.52. The zero-order chi connectivity index (χ0) is 11.5. The summed E-state index contributed by atoms with van der Waals surface area (Å²) in [5.41, 5.74) is 0. The average Bonchev–Trinajstić information content (AvgIpc) is 2.28. The summed E-state index contributed by atoms with van der Waals surface area (Å²) < 4.78 is 5.13. The molecule has 0 aromatic heterocycles. The first-order valence-corrected chi connectivity index (χ1v) is 4.74. The lowest BCUT2D eigenvalue weighted by Gasteiger charge is -2.08. The second-order valence-electron chi connectivity index (χ2n) is 3.31. The third-order valence-corrected chi connectivity index (χ3v) is 2.21. The third-order valence-electron chi connectivity index (χ3n) is 2.21. The van der Waals surface area contributed by atoms with Gasteiger partial charge in [0.1, 0.15) is 11.5 Å².